The number of nitrogens with zero attached hydrogens (tertiary/aromatic N) is 2. The summed E-state index contributed by atoms with van der Waals surface area (Å²) in [4.78, 5) is 38.4. The summed E-state index contributed by atoms with van der Waals surface area (Å²) in [6, 6.07) is 13.9. The van der Waals surface area contributed by atoms with Gasteiger partial charge in [-0.25, -0.2) is 4.79 Å². The van der Waals surface area contributed by atoms with Gasteiger partial charge in [0.05, 0.1) is 0 Å². The van der Waals surface area contributed by atoms with Gasteiger partial charge in [-0.1, -0.05) is 29.8 Å². The van der Waals surface area contributed by atoms with Crippen molar-refractivity contribution >= 4 is 28.7 Å². The minimum atomic E-state index is -0.895. The number of fused-ring (bicyclic) bond motifs is 1. The maximum absolute atomic E-state index is 12.9. The maximum atomic E-state index is 12.9. The van der Waals surface area contributed by atoms with Crippen LogP contribution in [0, 0.1) is 6.92 Å². The van der Waals surface area contributed by atoms with Gasteiger partial charge in [0.25, 0.3) is 0 Å². The Bertz CT molecular complexity index is 1190. The summed E-state index contributed by atoms with van der Waals surface area (Å²) in [5.74, 6) is -0.452. The van der Waals surface area contributed by atoms with Gasteiger partial charge in [-0.3, -0.25) is 9.59 Å². The summed E-state index contributed by atoms with van der Waals surface area (Å²) in [6.45, 7) is 10.3. The first kappa shape index (κ1) is 25.0. The molecule has 1 aromatic heterocycles. The molecule has 0 saturated carbocycles. The van der Waals surface area contributed by atoms with Crippen LogP contribution in [0.15, 0.2) is 48.7 Å². The van der Waals surface area contributed by atoms with Crippen LogP contribution in [0.3, 0.4) is 0 Å². The van der Waals surface area contributed by atoms with Crippen LogP contribution in [0.4, 0.5) is 4.79 Å². The predicted octanol–water partition coefficient (Wildman–Crippen LogP) is 4.90. The van der Waals surface area contributed by atoms with E-state index in [1.165, 1.54) is 12.5 Å². The van der Waals surface area contributed by atoms with Crippen molar-refractivity contribution in [1.29, 1.82) is 0 Å². The number of hydrogen-bond acceptors (Lipinski definition) is 5. The highest BCUT2D eigenvalue weighted by Gasteiger charge is 2.23. The van der Waals surface area contributed by atoms with E-state index in [-0.39, 0.29) is 12.2 Å². The van der Waals surface area contributed by atoms with Crippen LogP contribution in [0.1, 0.15) is 44.4 Å². The molecule has 0 unspecified atom stereocenters. The molecular weight excluding hydrogens is 432 g/mol. The Morgan fingerprint density at radius 2 is 1.79 bits per heavy atom. The summed E-state index contributed by atoms with van der Waals surface area (Å²) in [5, 5.41) is 0.820. The summed E-state index contributed by atoms with van der Waals surface area (Å²) in [7, 11) is 0. The average molecular weight is 465 g/mol. The van der Waals surface area contributed by atoms with E-state index < -0.39 is 18.2 Å². The molecule has 7 nitrogen and oxygen atoms in total. The Hall–Kier alpha value is -3.61. The fourth-order valence-electron chi connectivity index (χ4n) is 4.01. The van der Waals surface area contributed by atoms with E-state index in [2.05, 4.69) is 29.7 Å². The maximum Gasteiger partial charge on any atom is 0.415 e. The number of carbonyl (C=O) groups excluding carboxylic acids is 3. The Morgan fingerprint density at radius 3 is 2.44 bits per heavy atom. The fraction of sp³-hybridized carbons (Fsp3) is 0.370. The molecule has 180 valence electrons. The van der Waals surface area contributed by atoms with E-state index >= 15 is 0 Å². The lowest BCUT2D eigenvalue weighted by molar-refractivity contribution is -0.151. The third kappa shape index (κ3) is 5.84. The molecule has 7 heteroatoms. The molecule has 2 aromatic carbocycles. The number of rotatable bonds is 9. The molecule has 1 amide bonds. The Labute approximate surface area is 200 Å². The highest BCUT2D eigenvalue weighted by molar-refractivity contribution is 5.94. The van der Waals surface area contributed by atoms with Crippen LogP contribution in [0.25, 0.3) is 10.9 Å². The monoisotopic (exact) mass is 464 g/mol. The van der Waals surface area contributed by atoms with E-state index in [4.69, 9.17) is 9.47 Å². The van der Waals surface area contributed by atoms with E-state index in [1.807, 2.05) is 38.2 Å². The van der Waals surface area contributed by atoms with Gasteiger partial charge in [-0.05, 0) is 51.5 Å². The lowest BCUT2D eigenvalue weighted by Crippen LogP contribution is -2.33. The van der Waals surface area contributed by atoms with Crippen LogP contribution in [0.2, 0.25) is 0 Å². The number of amides is 1. The first-order valence-electron chi connectivity index (χ1n) is 11.6. The number of ketones is 1. The summed E-state index contributed by atoms with van der Waals surface area (Å²) in [6.07, 6.45) is 0.576. The number of carbonyl (C=O) groups is 3. The van der Waals surface area contributed by atoms with Crippen molar-refractivity contribution in [2.24, 2.45) is 0 Å². The molecule has 3 aromatic rings. The fourth-order valence-corrected chi connectivity index (χ4v) is 4.01. The second-order valence-electron chi connectivity index (χ2n) is 8.34. The molecule has 0 fully saturated rings. The van der Waals surface area contributed by atoms with Crippen LogP contribution >= 0.6 is 0 Å². The molecule has 0 aliphatic carbocycles. The summed E-state index contributed by atoms with van der Waals surface area (Å²) in [5.41, 5.74) is 3.87. The minimum absolute atomic E-state index is 0.0267. The Balaban J connectivity index is 2.01. The normalized spacial score (nSPS) is 11.8. The number of Topliss-reactive ketones (excluding diaryl/α,β-unsaturated/α-hetero) is 1. The van der Waals surface area contributed by atoms with Crippen LogP contribution in [0.5, 0.6) is 5.75 Å². The second kappa shape index (κ2) is 11.0. The summed E-state index contributed by atoms with van der Waals surface area (Å²) >= 11 is 0. The minimum Gasteiger partial charge on any atom is -0.455 e. The molecule has 1 heterocycles. The smallest absolute Gasteiger partial charge is 0.415 e. The van der Waals surface area contributed by atoms with Gasteiger partial charge < -0.3 is 18.9 Å². The number of hydrogen-bond donors (Lipinski definition) is 0. The summed E-state index contributed by atoms with van der Waals surface area (Å²) < 4.78 is 12.9. The standard InChI is InChI=1S/C27H32N2O5/c1-6-28(7-2)27(32)34-26-12-11-24-22(23(26)16-25(31)19(4)33-20(5)30)13-14-29(24)17-21-10-8-9-18(3)15-21/h8-15,19H,6-7,16-17H2,1-5H3/t19-/m0/s1. The van der Waals surface area contributed by atoms with Gasteiger partial charge in [0.1, 0.15) is 5.75 Å². The zero-order valence-corrected chi connectivity index (χ0v) is 20.5. The lowest BCUT2D eigenvalue weighted by atomic mass is 10.0. The number of benzene rings is 2. The van der Waals surface area contributed by atoms with Crippen molar-refractivity contribution in [3.8, 4) is 5.75 Å². The van der Waals surface area contributed by atoms with E-state index in [0.29, 0.717) is 30.9 Å². The third-order valence-electron chi connectivity index (χ3n) is 5.82. The lowest BCUT2D eigenvalue weighted by Gasteiger charge is -2.20. The average Bonchev–Trinajstić information content (AvgIpc) is 3.18. The molecule has 0 radical (unpaired) electrons. The van der Waals surface area contributed by atoms with E-state index in [0.717, 1.165) is 16.5 Å². The third-order valence-corrected chi connectivity index (χ3v) is 5.82. The van der Waals surface area contributed by atoms with E-state index in [9.17, 15) is 14.4 Å². The number of aromatic nitrogens is 1. The van der Waals surface area contributed by atoms with Gasteiger partial charge in [-0.15, -0.1) is 0 Å². The quantitative estimate of drug-likeness (QED) is 0.421. The van der Waals surface area contributed by atoms with Crippen molar-refractivity contribution < 1.29 is 23.9 Å². The second-order valence-corrected chi connectivity index (χ2v) is 8.34. The molecule has 0 spiro atoms. The Kier molecular flexibility index (Phi) is 8.10. The number of aryl methyl sites for hydroxylation is 1. The first-order chi connectivity index (χ1) is 16.2. The highest BCUT2D eigenvalue weighted by atomic mass is 16.6. The zero-order chi connectivity index (χ0) is 24.8. The molecule has 1 atom stereocenters. The van der Waals surface area contributed by atoms with Crippen molar-refractivity contribution in [2.75, 3.05) is 13.1 Å². The molecule has 34 heavy (non-hydrogen) atoms. The van der Waals surface area contributed by atoms with E-state index in [1.54, 1.807) is 17.9 Å². The zero-order valence-electron chi connectivity index (χ0n) is 20.5. The van der Waals surface area contributed by atoms with Gasteiger partial charge in [0.2, 0.25) is 0 Å². The highest BCUT2D eigenvalue weighted by Crippen LogP contribution is 2.31. The predicted molar refractivity (Wildman–Crippen MR) is 131 cm³/mol. The van der Waals surface area contributed by atoms with Gasteiger partial charge in [-0.2, -0.15) is 0 Å². The van der Waals surface area contributed by atoms with Crippen LogP contribution in [-0.4, -0.2) is 46.5 Å². The largest absolute Gasteiger partial charge is 0.455 e. The van der Waals surface area contributed by atoms with Crippen molar-refractivity contribution in [1.82, 2.24) is 9.47 Å². The number of esters is 1. The molecule has 0 aliphatic rings. The van der Waals surface area contributed by atoms with Crippen LogP contribution < -0.4 is 4.74 Å². The van der Waals surface area contributed by atoms with Crippen molar-refractivity contribution in [3.63, 3.8) is 0 Å². The van der Waals surface area contributed by atoms with Crippen molar-refractivity contribution in [2.45, 2.75) is 53.7 Å². The van der Waals surface area contributed by atoms with Gasteiger partial charge in [0.15, 0.2) is 11.9 Å². The topological polar surface area (TPSA) is 77.8 Å². The molecule has 0 N–H and O–H groups in total. The molecular formula is C27H32N2O5. The number of ether oxygens (including phenoxy) is 2. The molecule has 3 rings (SSSR count). The molecule has 0 saturated heterocycles. The van der Waals surface area contributed by atoms with Crippen LogP contribution in [-0.2, 0) is 27.3 Å². The van der Waals surface area contributed by atoms with Gasteiger partial charge >= 0.3 is 12.1 Å². The van der Waals surface area contributed by atoms with Gasteiger partial charge in [0, 0.05) is 55.6 Å². The molecule has 0 aliphatic heterocycles. The first-order valence-corrected chi connectivity index (χ1v) is 11.6. The molecule has 0 bridgehead atoms. The SMILES string of the molecule is CCN(CC)C(=O)Oc1ccc2c(ccn2Cc2cccc(C)c2)c1CC(=O)[C@H](C)OC(C)=O. The Morgan fingerprint density at radius 1 is 1.06 bits per heavy atom. The van der Waals surface area contributed by atoms with Crippen molar-refractivity contribution in [3.05, 3.63) is 65.4 Å².